The number of halogens is 3. The van der Waals surface area contributed by atoms with Crippen LogP contribution in [0, 0.1) is 5.82 Å². The average molecular weight is 335 g/mol. The summed E-state index contributed by atoms with van der Waals surface area (Å²) in [5, 5.41) is 0.380. The lowest BCUT2D eigenvalue weighted by Crippen LogP contribution is -2.05. The standard InChI is InChI=1S/C17H13Cl2FN2/c18-10-15-16(19)21-17(13-6-8-14(20)9-7-13)22(15)11-12-4-2-1-3-5-12/h1-9H,10-11H2. The molecule has 0 fully saturated rings. The molecule has 3 rings (SSSR count). The highest BCUT2D eigenvalue weighted by atomic mass is 35.5. The predicted molar refractivity (Wildman–Crippen MR) is 87.7 cm³/mol. The predicted octanol–water partition coefficient (Wildman–Crippen LogP) is 5.13. The fourth-order valence-electron chi connectivity index (χ4n) is 2.34. The molecule has 0 atom stereocenters. The van der Waals surface area contributed by atoms with Gasteiger partial charge in [-0.15, -0.1) is 11.6 Å². The zero-order valence-electron chi connectivity index (χ0n) is 11.6. The van der Waals surface area contributed by atoms with Gasteiger partial charge in [0.05, 0.1) is 11.6 Å². The normalized spacial score (nSPS) is 10.9. The molecule has 1 heterocycles. The van der Waals surface area contributed by atoms with E-state index >= 15 is 0 Å². The molecular weight excluding hydrogens is 322 g/mol. The lowest BCUT2D eigenvalue weighted by Gasteiger charge is -2.11. The molecule has 0 aliphatic heterocycles. The minimum Gasteiger partial charge on any atom is -0.321 e. The number of imidazole rings is 1. The maximum Gasteiger partial charge on any atom is 0.152 e. The number of hydrogen-bond donors (Lipinski definition) is 0. The second-order valence-electron chi connectivity index (χ2n) is 4.89. The first-order valence-electron chi connectivity index (χ1n) is 6.80. The topological polar surface area (TPSA) is 17.8 Å². The van der Waals surface area contributed by atoms with Crippen LogP contribution in [-0.2, 0) is 12.4 Å². The number of rotatable bonds is 4. The molecule has 0 amide bonds. The van der Waals surface area contributed by atoms with Crippen LogP contribution in [0.3, 0.4) is 0 Å². The molecule has 0 aliphatic carbocycles. The molecule has 2 aromatic carbocycles. The van der Waals surface area contributed by atoms with Crippen molar-refractivity contribution in [1.29, 1.82) is 0 Å². The highest BCUT2D eigenvalue weighted by Crippen LogP contribution is 2.28. The Balaban J connectivity index is 2.08. The molecular formula is C17H13Cl2FN2. The zero-order valence-corrected chi connectivity index (χ0v) is 13.2. The summed E-state index contributed by atoms with van der Waals surface area (Å²) in [4.78, 5) is 4.40. The van der Waals surface area contributed by atoms with Crippen molar-refractivity contribution in [2.24, 2.45) is 0 Å². The third-order valence-electron chi connectivity index (χ3n) is 3.44. The largest absolute Gasteiger partial charge is 0.321 e. The second kappa shape index (κ2) is 6.51. The van der Waals surface area contributed by atoms with Gasteiger partial charge in [-0.3, -0.25) is 0 Å². The maximum absolute atomic E-state index is 13.1. The molecule has 0 radical (unpaired) electrons. The Morgan fingerprint density at radius 1 is 1.00 bits per heavy atom. The van der Waals surface area contributed by atoms with Crippen molar-refractivity contribution in [3.63, 3.8) is 0 Å². The van der Waals surface area contributed by atoms with E-state index < -0.39 is 0 Å². The summed E-state index contributed by atoms with van der Waals surface area (Å²) in [6.07, 6.45) is 0. The third kappa shape index (κ3) is 3.01. The van der Waals surface area contributed by atoms with E-state index in [2.05, 4.69) is 4.98 Å². The van der Waals surface area contributed by atoms with Gasteiger partial charge in [0.25, 0.3) is 0 Å². The van der Waals surface area contributed by atoms with Gasteiger partial charge in [0, 0.05) is 12.1 Å². The number of alkyl halides is 1. The SMILES string of the molecule is Fc1ccc(-c2nc(Cl)c(CCl)n2Cc2ccccc2)cc1. The Hall–Kier alpha value is -1.84. The molecule has 0 unspecified atom stereocenters. The summed E-state index contributed by atoms with van der Waals surface area (Å²) in [6.45, 7) is 0.606. The van der Waals surface area contributed by atoms with E-state index in [9.17, 15) is 4.39 Å². The van der Waals surface area contributed by atoms with E-state index in [1.54, 1.807) is 12.1 Å². The lowest BCUT2D eigenvalue weighted by molar-refractivity contribution is 0.628. The molecule has 0 saturated carbocycles. The summed E-state index contributed by atoms with van der Waals surface area (Å²) in [6, 6.07) is 16.2. The minimum absolute atomic E-state index is 0.264. The van der Waals surface area contributed by atoms with Crippen LogP contribution in [0.1, 0.15) is 11.3 Å². The molecule has 5 heteroatoms. The Morgan fingerprint density at radius 2 is 1.68 bits per heavy atom. The summed E-state index contributed by atoms with van der Waals surface area (Å²) >= 11 is 12.2. The molecule has 0 N–H and O–H groups in total. The van der Waals surface area contributed by atoms with Crippen LogP contribution < -0.4 is 0 Å². The van der Waals surface area contributed by atoms with Crippen LogP contribution in [0.2, 0.25) is 5.15 Å². The van der Waals surface area contributed by atoms with Crippen molar-refractivity contribution in [3.8, 4) is 11.4 Å². The summed E-state index contributed by atoms with van der Waals surface area (Å²) in [7, 11) is 0. The second-order valence-corrected chi connectivity index (χ2v) is 5.51. The van der Waals surface area contributed by atoms with Crippen molar-refractivity contribution in [1.82, 2.24) is 9.55 Å². The smallest absolute Gasteiger partial charge is 0.152 e. The van der Waals surface area contributed by atoms with Gasteiger partial charge in [0.2, 0.25) is 0 Å². The van der Waals surface area contributed by atoms with Gasteiger partial charge >= 0.3 is 0 Å². The molecule has 3 aromatic rings. The first-order valence-corrected chi connectivity index (χ1v) is 7.71. The monoisotopic (exact) mass is 334 g/mol. The first kappa shape index (κ1) is 15.1. The quantitative estimate of drug-likeness (QED) is 0.605. The van der Waals surface area contributed by atoms with Gasteiger partial charge < -0.3 is 4.57 Å². The highest BCUT2D eigenvalue weighted by Gasteiger charge is 2.16. The van der Waals surface area contributed by atoms with Gasteiger partial charge in [-0.1, -0.05) is 41.9 Å². The third-order valence-corrected chi connectivity index (χ3v) is 3.99. The fourth-order valence-corrected chi connectivity index (χ4v) is 2.93. The Kier molecular flexibility index (Phi) is 4.46. The van der Waals surface area contributed by atoms with Crippen LogP contribution in [0.25, 0.3) is 11.4 Å². The summed E-state index contributed by atoms with van der Waals surface area (Å²) < 4.78 is 15.1. The number of aromatic nitrogens is 2. The molecule has 112 valence electrons. The molecule has 0 spiro atoms. The van der Waals surface area contributed by atoms with E-state index in [0.29, 0.717) is 17.5 Å². The van der Waals surface area contributed by atoms with Crippen molar-refractivity contribution in [3.05, 3.63) is 76.8 Å². The van der Waals surface area contributed by atoms with E-state index in [4.69, 9.17) is 23.2 Å². The molecule has 1 aromatic heterocycles. The van der Waals surface area contributed by atoms with Crippen LogP contribution in [-0.4, -0.2) is 9.55 Å². The van der Waals surface area contributed by atoms with Crippen molar-refractivity contribution < 1.29 is 4.39 Å². The zero-order chi connectivity index (χ0) is 15.5. The lowest BCUT2D eigenvalue weighted by atomic mass is 10.2. The minimum atomic E-state index is -0.284. The molecule has 22 heavy (non-hydrogen) atoms. The van der Waals surface area contributed by atoms with Crippen LogP contribution in [0.4, 0.5) is 4.39 Å². The van der Waals surface area contributed by atoms with E-state index in [1.165, 1.54) is 12.1 Å². The van der Waals surface area contributed by atoms with E-state index in [-0.39, 0.29) is 11.7 Å². The Morgan fingerprint density at radius 3 is 2.32 bits per heavy atom. The van der Waals surface area contributed by atoms with E-state index in [1.807, 2.05) is 34.9 Å². The van der Waals surface area contributed by atoms with Crippen molar-refractivity contribution >= 4 is 23.2 Å². The fraction of sp³-hybridized carbons (Fsp3) is 0.118. The molecule has 0 aliphatic rings. The van der Waals surface area contributed by atoms with Crippen LogP contribution in [0.5, 0.6) is 0 Å². The van der Waals surface area contributed by atoms with Gasteiger partial charge in [-0.25, -0.2) is 9.37 Å². The van der Waals surface area contributed by atoms with Gasteiger partial charge in [0.1, 0.15) is 11.6 Å². The van der Waals surface area contributed by atoms with Gasteiger partial charge in [0.15, 0.2) is 5.15 Å². The molecule has 2 nitrogen and oxygen atoms in total. The van der Waals surface area contributed by atoms with Crippen LogP contribution >= 0.6 is 23.2 Å². The molecule has 0 bridgehead atoms. The number of benzene rings is 2. The number of hydrogen-bond acceptors (Lipinski definition) is 1. The van der Waals surface area contributed by atoms with E-state index in [0.717, 1.165) is 16.8 Å². The average Bonchev–Trinajstić information content (AvgIpc) is 2.85. The summed E-state index contributed by atoms with van der Waals surface area (Å²) in [5.74, 6) is 0.665. The number of nitrogens with zero attached hydrogens (tertiary/aromatic N) is 2. The highest BCUT2D eigenvalue weighted by molar-refractivity contribution is 6.31. The first-order chi connectivity index (χ1) is 10.7. The maximum atomic E-state index is 13.1. The Labute approximate surface area is 138 Å². The van der Waals surface area contributed by atoms with Gasteiger partial charge in [-0.05, 0) is 29.8 Å². The van der Waals surface area contributed by atoms with Gasteiger partial charge in [-0.2, -0.15) is 0 Å². The van der Waals surface area contributed by atoms with Crippen molar-refractivity contribution in [2.75, 3.05) is 0 Å². The van der Waals surface area contributed by atoms with Crippen molar-refractivity contribution in [2.45, 2.75) is 12.4 Å². The Bertz CT molecular complexity index is 767. The molecule has 0 saturated heterocycles. The van der Waals surface area contributed by atoms with Crippen LogP contribution in [0.15, 0.2) is 54.6 Å². The summed E-state index contributed by atoms with van der Waals surface area (Å²) in [5.41, 5.74) is 2.67.